The second-order valence-electron chi connectivity index (χ2n) is 8.09. The molecule has 3 rings (SSSR count). The fourth-order valence-electron chi connectivity index (χ4n) is 3.65. The third-order valence-electron chi connectivity index (χ3n) is 5.23. The molecule has 1 aliphatic rings. The Bertz CT molecular complexity index is 729. The molecule has 1 atom stereocenters. The van der Waals surface area contributed by atoms with Crippen molar-refractivity contribution in [3.63, 3.8) is 0 Å². The number of benzene rings is 1. The van der Waals surface area contributed by atoms with Crippen LogP contribution < -0.4 is 5.32 Å². The molecule has 0 aliphatic carbocycles. The standard InChI is InChI=1S/C22H32N4O2/c1-17(2)22-24-21(28-25-22)12-6-11-20(27)23-14-19-10-7-13-26(16-19)15-18-8-4-3-5-9-18/h3-5,8-9,17,19H,6-7,10-16H2,1-2H3,(H,23,27). The normalized spacial score (nSPS) is 17.8. The molecule has 1 amide bonds. The van der Waals surface area contributed by atoms with Gasteiger partial charge >= 0.3 is 0 Å². The monoisotopic (exact) mass is 384 g/mol. The largest absolute Gasteiger partial charge is 0.356 e. The van der Waals surface area contributed by atoms with Crippen molar-refractivity contribution in [2.75, 3.05) is 19.6 Å². The van der Waals surface area contributed by atoms with Crippen LogP contribution in [0.1, 0.15) is 62.7 Å². The lowest BCUT2D eigenvalue weighted by atomic mass is 9.97. The van der Waals surface area contributed by atoms with E-state index in [1.54, 1.807) is 0 Å². The van der Waals surface area contributed by atoms with Gasteiger partial charge in [0.2, 0.25) is 11.8 Å². The van der Waals surface area contributed by atoms with E-state index in [2.05, 4.69) is 50.7 Å². The first-order valence-corrected chi connectivity index (χ1v) is 10.5. The molecule has 1 fully saturated rings. The number of aryl methyl sites for hydroxylation is 1. The van der Waals surface area contributed by atoms with Gasteiger partial charge in [-0.1, -0.05) is 49.3 Å². The fraction of sp³-hybridized carbons (Fsp3) is 0.591. The molecule has 28 heavy (non-hydrogen) atoms. The number of nitrogens with zero attached hydrogens (tertiary/aromatic N) is 3. The van der Waals surface area contributed by atoms with Crippen LogP contribution in [0.25, 0.3) is 0 Å². The highest BCUT2D eigenvalue weighted by atomic mass is 16.5. The molecule has 2 heterocycles. The molecule has 0 spiro atoms. The van der Waals surface area contributed by atoms with E-state index in [9.17, 15) is 4.79 Å². The van der Waals surface area contributed by atoms with Crippen LogP contribution in [0, 0.1) is 5.92 Å². The van der Waals surface area contributed by atoms with Gasteiger partial charge < -0.3 is 9.84 Å². The maximum absolute atomic E-state index is 12.2. The summed E-state index contributed by atoms with van der Waals surface area (Å²) in [5.74, 6) is 2.27. The molecule has 1 saturated heterocycles. The molecule has 1 aromatic heterocycles. The molecule has 1 unspecified atom stereocenters. The molecule has 1 N–H and O–H groups in total. The van der Waals surface area contributed by atoms with Crippen LogP contribution in [0.3, 0.4) is 0 Å². The summed E-state index contributed by atoms with van der Waals surface area (Å²) >= 11 is 0. The molecular weight excluding hydrogens is 352 g/mol. The number of aromatic nitrogens is 2. The minimum Gasteiger partial charge on any atom is -0.356 e. The molecule has 0 bridgehead atoms. The average Bonchev–Trinajstić information content (AvgIpc) is 3.17. The second-order valence-corrected chi connectivity index (χ2v) is 8.09. The quantitative estimate of drug-likeness (QED) is 0.716. The predicted molar refractivity (Wildman–Crippen MR) is 109 cm³/mol. The maximum Gasteiger partial charge on any atom is 0.226 e. The van der Waals surface area contributed by atoms with Crippen LogP contribution in [-0.4, -0.2) is 40.6 Å². The maximum atomic E-state index is 12.2. The highest BCUT2D eigenvalue weighted by molar-refractivity contribution is 5.75. The van der Waals surface area contributed by atoms with Gasteiger partial charge in [0.15, 0.2) is 5.82 Å². The van der Waals surface area contributed by atoms with Crippen molar-refractivity contribution in [2.24, 2.45) is 5.92 Å². The van der Waals surface area contributed by atoms with Gasteiger partial charge in [-0.05, 0) is 37.3 Å². The smallest absolute Gasteiger partial charge is 0.226 e. The first-order chi connectivity index (χ1) is 13.6. The summed E-state index contributed by atoms with van der Waals surface area (Å²) in [6.07, 6.45) is 4.27. The van der Waals surface area contributed by atoms with Gasteiger partial charge in [0.25, 0.3) is 0 Å². The molecule has 1 aliphatic heterocycles. The zero-order valence-electron chi connectivity index (χ0n) is 17.1. The first kappa shape index (κ1) is 20.5. The van der Waals surface area contributed by atoms with E-state index in [1.807, 2.05) is 13.8 Å². The SMILES string of the molecule is CC(C)c1noc(CCCC(=O)NCC2CCCN(Cc3ccccc3)C2)n1. The van der Waals surface area contributed by atoms with Crippen LogP contribution in [0.2, 0.25) is 0 Å². The summed E-state index contributed by atoms with van der Waals surface area (Å²) in [5.41, 5.74) is 1.36. The lowest BCUT2D eigenvalue weighted by molar-refractivity contribution is -0.121. The van der Waals surface area contributed by atoms with Crippen molar-refractivity contribution in [3.8, 4) is 0 Å². The summed E-state index contributed by atoms with van der Waals surface area (Å²) in [5, 5.41) is 7.07. The Labute approximate surface area is 167 Å². The Morgan fingerprint density at radius 2 is 2.14 bits per heavy atom. The van der Waals surface area contributed by atoms with E-state index in [4.69, 9.17) is 4.52 Å². The van der Waals surface area contributed by atoms with E-state index < -0.39 is 0 Å². The highest BCUT2D eigenvalue weighted by Crippen LogP contribution is 2.18. The molecule has 6 nitrogen and oxygen atoms in total. The number of hydrogen-bond donors (Lipinski definition) is 1. The number of carbonyl (C=O) groups excluding carboxylic acids is 1. The van der Waals surface area contributed by atoms with Crippen LogP contribution in [0.5, 0.6) is 0 Å². The van der Waals surface area contributed by atoms with Crippen molar-refractivity contribution in [1.82, 2.24) is 20.4 Å². The summed E-state index contributed by atoms with van der Waals surface area (Å²) in [6.45, 7) is 8.02. The molecule has 1 aromatic carbocycles. The minimum absolute atomic E-state index is 0.115. The highest BCUT2D eigenvalue weighted by Gasteiger charge is 2.20. The Balaban J connectivity index is 1.33. The Kier molecular flexibility index (Phi) is 7.60. The topological polar surface area (TPSA) is 71.3 Å². The van der Waals surface area contributed by atoms with E-state index in [1.165, 1.54) is 18.4 Å². The van der Waals surface area contributed by atoms with Crippen molar-refractivity contribution in [2.45, 2.75) is 58.4 Å². The fourth-order valence-corrected chi connectivity index (χ4v) is 3.65. The zero-order chi connectivity index (χ0) is 19.8. The van der Waals surface area contributed by atoms with Gasteiger partial charge in [0, 0.05) is 38.4 Å². The molecule has 0 saturated carbocycles. The molecule has 0 radical (unpaired) electrons. The summed E-state index contributed by atoms with van der Waals surface area (Å²) in [4.78, 5) is 19.0. The Hall–Kier alpha value is -2.21. The number of carbonyl (C=O) groups is 1. The summed E-state index contributed by atoms with van der Waals surface area (Å²) in [7, 11) is 0. The summed E-state index contributed by atoms with van der Waals surface area (Å²) < 4.78 is 5.23. The number of piperidine rings is 1. The molecular formula is C22H32N4O2. The number of amides is 1. The number of nitrogens with one attached hydrogen (secondary N) is 1. The van der Waals surface area contributed by atoms with Crippen LogP contribution >= 0.6 is 0 Å². The third kappa shape index (κ3) is 6.44. The van der Waals surface area contributed by atoms with E-state index >= 15 is 0 Å². The van der Waals surface area contributed by atoms with Gasteiger partial charge in [-0.25, -0.2) is 0 Å². The van der Waals surface area contributed by atoms with Gasteiger partial charge in [-0.15, -0.1) is 0 Å². The van der Waals surface area contributed by atoms with Crippen LogP contribution in [-0.2, 0) is 17.8 Å². The number of likely N-dealkylation sites (tertiary alicyclic amines) is 1. The van der Waals surface area contributed by atoms with E-state index in [0.29, 0.717) is 24.7 Å². The Morgan fingerprint density at radius 1 is 1.32 bits per heavy atom. The summed E-state index contributed by atoms with van der Waals surface area (Å²) in [6, 6.07) is 10.6. The van der Waals surface area contributed by atoms with Crippen LogP contribution in [0.4, 0.5) is 0 Å². The van der Waals surface area contributed by atoms with Gasteiger partial charge in [-0.3, -0.25) is 9.69 Å². The lowest BCUT2D eigenvalue weighted by Crippen LogP contribution is -2.40. The van der Waals surface area contributed by atoms with Gasteiger partial charge in [0.1, 0.15) is 0 Å². The van der Waals surface area contributed by atoms with Crippen molar-refractivity contribution in [3.05, 3.63) is 47.6 Å². The van der Waals surface area contributed by atoms with E-state index in [0.717, 1.165) is 38.4 Å². The molecule has 6 heteroatoms. The first-order valence-electron chi connectivity index (χ1n) is 10.5. The second kappa shape index (κ2) is 10.4. The molecule has 152 valence electrons. The van der Waals surface area contributed by atoms with Gasteiger partial charge in [0.05, 0.1) is 0 Å². The van der Waals surface area contributed by atoms with E-state index in [-0.39, 0.29) is 11.8 Å². The van der Waals surface area contributed by atoms with Crippen molar-refractivity contribution >= 4 is 5.91 Å². The van der Waals surface area contributed by atoms with Crippen molar-refractivity contribution < 1.29 is 9.32 Å². The lowest BCUT2D eigenvalue weighted by Gasteiger charge is -2.32. The average molecular weight is 385 g/mol. The molecule has 2 aromatic rings. The predicted octanol–water partition coefficient (Wildman–Crippen LogP) is 3.54. The van der Waals surface area contributed by atoms with Crippen LogP contribution in [0.15, 0.2) is 34.9 Å². The zero-order valence-corrected chi connectivity index (χ0v) is 17.1. The number of rotatable bonds is 9. The van der Waals surface area contributed by atoms with Gasteiger partial charge in [-0.2, -0.15) is 4.98 Å². The number of hydrogen-bond acceptors (Lipinski definition) is 5. The Morgan fingerprint density at radius 3 is 2.89 bits per heavy atom. The third-order valence-corrected chi connectivity index (χ3v) is 5.23. The van der Waals surface area contributed by atoms with Crippen molar-refractivity contribution in [1.29, 1.82) is 0 Å². The minimum atomic E-state index is 0.115.